The van der Waals surface area contributed by atoms with Crippen molar-refractivity contribution >= 4 is 8.32 Å². The Balaban J connectivity index is 3.95. The average Bonchev–Trinajstić information content (AvgIpc) is 2.25. The van der Waals surface area contributed by atoms with Crippen LogP contribution >= 0.6 is 0 Å². The maximum absolute atomic E-state index is 6.14. The maximum atomic E-state index is 6.14. The quantitative estimate of drug-likeness (QED) is 0.325. The molecular formula is C14H28OSi. The number of terminal acetylenes is 1. The first-order valence-corrected chi connectivity index (χ1v) is 9.81. The van der Waals surface area contributed by atoms with Crippen molar-refractivity contribution < 1.29 is 4.43 Å². The second kappa shape index (κ2) is 8.84. The van der Waals surface area contributed by atoms with Gasteiger partial charge in [0.15, 0.2) is 8.32 Å². The van der Waals surface area contributed by atoms with E-state index in [1.807, 2.05) is 0 Å². The molecular weight excluding hydrogens is 212 g/mol. The molecule has 0 aromatic carbocycles. The van der Waals surface area contributed by atoms with Crippen LogP contribution in [0.1, 0.15) is 52.4 Å². The molecule has 0 aromatic rings. The van der Waals surface area contributed by atoms with Gasteiger partial charge in [0, 0.05) is 0 Å². The van der Waals surface area contributed by atoms with E-state index in [1.54, 1.807) is 0 Å². The number of unbranched alkanes of at least 4 members (excludes halogenated alkanes) is 3. The Bertz CT molecular complexity index is 205. The molecule has 2 heteroatoms. The van der Waals surface area contributed by atoms with Crippen LogP contribution in [0.4, 0.5) is 0 Å². The Hall–Kier alpha value is -0.263. The molecule has 0 aliphatic carbocycles. The Morgan fingerprint density at radius 3 is 2.25 bits per heavy atom. The van der Waals surface area contributed by atoms with Gasteiger partial charge in [0.2, 0.25) is 0 Å². The third kappa shape index (κ3) is 7.96. The smallest absolute Gasteiger partial charge is 0.188 e. The molecule has 94 valence electrons. The molecule has 0 bridgehead atoms. The molecule has 0 N–H and O–H groups in total. The van der Waals surface area contributed by atoms with Gasteiger partial charge in [0.1, 0.15) is 6.10 Å². The minimum absolute atomic E-state index is 0.0603. The summed E-state index contributed by atoms with van der Waals surface area (Å²) in [6.45, 7) is 9.01. The van der Waals surface area contributed by atoms with Crippen LogP contribution in [0.15, 0.2) is 0 Å². The summed E-state index contributed by atoms with van der Waals surface area (Å²) in [5.41, 5.74) is 0. The van der Waals surface area contributed by atoms with E-state index < -0.39 is 8.32 Å². The van der Waals surface area contributed by atoms with Gasteiger partial charge in [-0.25, -0.2) is 0 Å². The third-order valence-corrected chi connectivity index (χ3v) is 5.33. The molecule has 0 aromatic heterocycles. The Kier molecular flexibility index (Phi) is 8.69. The van der Waals surface area contributed by atoms with E-state index in [0.717, 1.165) is 6.42 Å². The average molecular weight is 240 g/mol. The van der Waals surface area contributed by atoms with Gasteiger partial charge in [-0.2, -0.15) is 0 Å². The van der Waals surface area contributed by atoms with Crippen molar-refractivity contribution in [3.05, 3.63) is 0 Å². The zero-order valence-corrected chi connectivity index (χ0v) is 12.5. The predicted octanol–water partition coefficient (Wildman–Crippen LogP) is 4.59. The van der Waals surface area contributed by atoms with Crippen molar-refractivity contribution in [1.29, 1.82) is 0 Å². The standard InChI is InChI=1S/C14H28OSi/c1-6-9-11-12-14(8-3)15-16(4,5)13-10-7-2/h3,14H,6-7,9-13H2,1-2,4-5H3. The Morgan fingerprint density at radius 2 is 1.75 bits per heavy atom. The molecule has 16 heavy (non-hydrogen) atoms. The van der Waals surface area contributed by atoms with Crippen molar-refractivity contribution in [2.45, 2.75) is 77.6 Å². The third-order valence-electron chi connectivity index (χ3n) is 2.85. The lowest BCUT2D eigenvalue weighted by molar-refractivity contribution is 0.232. The number of hydrogen-bond acceptors (Lipinski definition) is 1. The summed E-state index contributed by atoms with van der Waals surface area (Å²) in [4.78, 5) is 0. The van der Waals surface area contributed by atoms with Crippen LogP contribution in [0.25, 0.3) is 0 Å². The fourth-order valence-electron chi connectivity index (χ4n) is 1.80. The second-order valence-corrected chi connectivity index (χ2v) is 9.39. The summed E-state index contributed by atoms with van der Waals surface area (Å²) in [7, 11) is -1.51. The van der Waals surface area contributed by atoms with Gasteiger partial charge in [-0.05, 0) is 32.0 Å². The van der Waals surface area contributed by atoms with Crippen molar-refractivity contribution in [2.75, 3.05) is 0 Å². The second-order valence-electron chi connectivity index (χ2n) is 5.13. The van der Waals surface area contributed by atoms with E-state index in [2.05, 4.69) is 32.9 Å². The number of hydrogen-bond donors (Lipinski definition) is 0. The summed E-state index contributed by atoms with van der Waals surface area (Å²) in [5.74, 6) is 2.81. The van der Waals surface area contributed by atoms with E-state index in [1.165, 1.54) is 38.1 Å². The van der Waals surface area contributed by atoms with Crippen LogP contribution in [-0.4, -0.2) is 14.4 Å². The fraction of sp³-hybridized carbons (Fsp3) is 0.857. The van der Waals surface area contributed by atoms with Gasteiger partial charge >= 0.3 is 0 Å². The lowest BCUT2D eigenvalue weighted by Gasteiger charge is -2.26. The molecule has 0 saturated heterocycles. The van der Waals surface area contributed by atoms with E-state index in [-0.39, 0.29) is 6.10 Å². The highest BCUT2D eigenvalue weighted by Gasteiger charge is 2.24. The van der Waals surface area contributed by atoms with Crippen LogP contribution in [0.2, 0.25) is 19.1 Å². The Morgan fingerprint density at radius 1 is 1.12 bits per heavy atom. The molecule has 0 spiro atoms. The van der Waals surface area contributed by atoms with Crippen LogP contribution in [0, 0.1) is 12.3 Å². The van der Waals surface area contributed by atoms with Gasteiger partial charge in [0.05, 0.1) is 0 Å². The first-order chi connectivity index (χ1) is 7.55. The summed E-state index contributed by atoms with van der Waals surface area (Å²) < 4.78 is 6.14. The molecule has 0 heterocycles. The van der Waals surface area contributed by atoms with E-state index >= 15 is 0 Å². The van der Waals surface area contributed by atoms with Gasteiger partial charge in [-0.1, -0.05) is 45.5 Å². The van der Waals surface area contributed by atoms with Gasteiger partial charge in [-0.15, -0.1) is 6.42 Å². The summed E-state index contributed by atoms with van der Waals surface area (Å²) in [6, 6.07) is 1.23. The van der Waals surface area contributed by atoms with Crippen LogP contribution in [-0.2, 0) is 4.43 Å². The first-order valence-electron chi connectivity index (χ1n) is 6.69. The molecule has 1 nitrogen and oxygen atoms in total. The van der Waals surface area contributed by atoms with E-state index in [0.29, 0.717) is 0 Å². The highest BCUT2D eigenvalue weighted by Crippen LogP contribution is 2.19. The summed E-state index contributed by atoms with van der Waals surface area (Å²) in [5, 5.41) is 0. The summed E-state index contributed by atoms with van der Waals surface area (Å²) >= 11 is 0. The molecule has 1 unspecified atom stereocenters. The minimum Gasteiger partial charge on any atom is -0.404 e. The predicted molar refractivity (Wildman–Crippen MR) is 75.0 cm³/mol. The highest BCUT2D eigenvalue weighted by molar-refractivity contribution is 6.71. The van der Waals surface area contributed by atoms with Crippen LogP contribution in [0.5, 0.6) is 0 Å². The normalized spacial score (nSPS) is 13.4. The Labute approximate surface area is 103 Å². The zero-order chi connectivity index (χ0) is 12.4. The molecule has 0 aliphatic heterocycles. The minimum atomic E-state index is -1.51. The molecule has 1 atom stereocenters. The van der Waals surface area contributed by atoms with Crippen molar-refractivity contribution in [3.8, 4) is 12.3 Å². The van der Waals surface area contributed by atoms with Gasteiger partial charge in [0.25, 0.3) is 0 Å². The molecule has 0 aliphatic rings. The molecule has 0 amide bonds. The topological polar surface area (TPSA) is 9.23 Å². The lowest BCUT2D eigenvalue weighted by atomic mass is 10.1. The monoisotopic (exact) mass is 240 g/mol. The van der Waals surface area contributed by atoms with Crippen molar-refractivity contribution in [1.82, 2.24) is 0 Å². The highest BCUT2D eigenvalue weighted by atomic mass is 28.4. The molecule has 0 fully saturated rings. The SMILES string of the molecule is C#CC(CCCCC)O[Si](C)(C)CCCC. The fourth-order valence-corrected chi connectivity index (χ4v) is 4.08. The first kappa shape index (κ1) is 15.7. The van der Waals surface area contributed by atoms with E-state index in [9.17, 15) is 0 Å². The lowest BCUT2D eigenvalue weighted by Crippen LogP contribution is -2.34. The maximum Gasteiger partial charge on any atom is 0.188 e. The molecule has 0 rings (SSSR count). The van der Waals surface area contributed by atoms with E-state index in [4.69, 9.17) is 10.8 Å². The molecule has 0 radical (unpaired) electrons. The van der Waals surface area contributed by atoms with Crippen molar-refractivity contribution in [3.63, 3.8) is 0 Å². The summed E-state index contributed by atoms with van der Waals surface area (Å²) in [6.07, 6.45) is 12.9. The zero-order valence-electron chi connectivity index (χ0n) is 11.5. The van der Waals surface area contributed by atoms with Crippen LogP contribution in [0.3, 0.4) is 0 Å². The number of rotatable bonds is 9. The van der Waals surface area contributed by atoms with Crippen LogP contribution < -0.4 is 0 Å². The van der Waals surface area contributed by atoms with Gasteiger partial charge in [-0.3, -0.25) is 0 Å². The molecule has 0 saturated carbocycles. The largest absolute Gasteiger partial charge is 0.404 e. The van der Waals surface area contributed by atoms with Crippen molar-refractivity contribution in [2.24, 2.45) is 0 Å². The van der Waals surface area contributed by atoms with Gasteiger partial charge < -0.3 is 4.43 Å².